The van der Waals surface area contributed by atoms with Crippen LogP contribution in [0.3, 0.4) is 0 Å². The average molecular weight is 339 g/mol. The minimum Gasteiger partial charge on any atom is -0.280 e. The molecule has 1 aromatic heterocycles. The van der Waals surface area contributed by atoms with Crippen LogP contribution in [0, 0.1) is 0 Å². The molecular formula is C18H17N3O2S. The van der Waals surface area contributed by atoms with E-state index in [0.29, 0.717) is 16.1 Å². The smallest absolute Gasteiger partial charge is 0.261 e. The van der Waals surface area contributed by atoms with Gasteiger partial charge in [0.05, 0.1) is 21.6 Å². The number of rotatable bonds is 3. The van der Waals surface area contributed by atoms with Crippen LogP contribution in [0.2, 0.25) is 0 Å². The Bertz CT molecular complexity index is 1020. The number of hydrogen-bond donors (Lipinski definition) is 1. The number of aryl methyl sites for hydroxylation is 2. The zero-order valence-corrected chi connectivity index (χ0v) is 13.9. The van der Waals surface area contributed by atoms with Crippen LogP contribution in [-0.4, -0.2) is 18.4 Å². The lowest BCUT2D eigenvalue weighted by Gasteiger charge is -2.17. The monoisotopic (exact) mass is 339 g/mol. The van der Waals surface area contributed by atoms with Gasteiger partial charge >= 0.3 is 0 Å². The molecule has 0 unspecified atom stereocenters. The molecule has 0 saturated heterocycles. The number of benzene rings is 2. The number of nitrogens with one attached hydrogen (secondary N) is 1. The zero-order valence-electron chi connectivity index (χ0n) is 13.1. The lowest BCUT2D eigenvalue weighted by Crippen LogP contribution is -2.14. The molecule has 0 atom stereocenters. The summed E-state index contributed by atoms with van der Waals surface area (Å²) in [5.74, 6) is 0. The van der Waals surface area contributed by atoms with Crippen molar-refractivity contribution in [3.63, 3.8) is 0 Å². The van der Waals surface area contributed by atoms with E-state index in [1.54, 1.807) is 42.7 Å². The van der Waals surface area contributed by atoms with Gasteiger partial charge in [-0.05, 0) is 67.1 Å². The van der Waals surface area contributed by atoms with Gasteiger partial charge in [0.1, 0.15) is 0 Å². The Morgan fingerprint density at radius 2 is 1.58 bits per heavy atom. The third-order valence-corrected chi connectivity index (χ3v) is 5.73. The summed E-state index contributed by atoms with van der Waals surface area (Å²) in [5, 5.41) is 0. The molecule has 0 saturated carbocycles. The van der Waals surface area contributed by atoms with Gasteiger partial charge in [-0.1, -0.05) is 6.07 Å². The Kier molecular flexibility index (Phi) is 3.69. The standard InChI is InChI=1S/C18H17N3O2S/c22-24(23,16-7-5-13-3-1-2-4-14(13)11-16)21-15-6-8-17-18(12-15)20-10-9-19-17/h5-12,21H,1-4H2. The summed E-state index contributed by atoms with van der Waals surface area (Å²) in [6.07, 6.45) is 7.48. The second kappa shape index (κ2) is 5.87. The van der Waals surface area contributed by atoms with Crippen molar-refractivity contribution in [3.8, 4) is 0 Å². The van der Waals surface area contributed by atoms with Crippen molar-refractivity contribution in [2.75, 3.05) is 4.72 Å². The fraction of sp³-hybridized carbons (Fsp3) is 0.222. The molecule has 0 amide bonds. The van der Waals surface area contributed by atoms with Gasteiger partial charge in [-0.25, -0.2) is 8.42 Å². The van der Waals surface area contributed by atoms with Gasteiger partial charge in [0.15, 0.2) is 0 Å². The number of anilines is 1. The highest BCUT2D eigenvalue weighted by molar-refractivity contribution is 7.92. The maximum Gasteiger partial charge on any atom is 0.261 e. The van der Waals surface area contributed by atoms with E-state index in [0.717, 1.165) is 30.3 Å². The van der Waals surface area contributed by atoms with Gasteiger partial charge in [0.25, 0.3) is 10.0 Å². The minimum atomic E-state index is -3.61. The number of hydrogen-bond acceptors (Lipinski definition) is 4. The second-order valence-electron chi connectivity index (χ2n) is 6.00. The molecule has 0 spiro atoms. The molecule has 4 rings (SSSR count). The van der Waals surface area contributed by atoms with Crippen molar-refractivity contribution in [2.45, 2.75) is 30.6 Å². The largest absolute Gasteiger partial charge is 0.280 e. The van der Waals surface area contributed by atoms with E-state index in [-0.39, 0.29) is 0 Å². The van der Waals surface area contributed by atoms with Gasteiger partial charge in [-0.2, -0.15) is 0 Å². The molecule has 1 aliphatic carbocycles. The molecule has 1 N–H and O–H groups in total. The Balaban J connectivity index is 1.66. The molecule has 1 heterocycles. The molecule has 0 radical (unpaired) electrons. The lowest BCUT2D eigenvalue weighted by molar-refractivity contribution is 0.600. The lowest BCUT2D eigenvalue weighted by atomic mass is 9.92. The summed E-state index contributed by atoms with van der Waals surface area (Å²) in [5.41, 5.74) is 4.28. The minimum absolute atomic E-state index is 0.308. The molecule has 0 aliphatic heterocycles. The van der Waals surface area contributed by atoms with Crippen molar-refractivity contribution in [3.05, 3.63) is 59.9 Å². The van der Waals surface area contributed by atoms with Crippen molar-refractivity contribution < 1.29 is 8.42 Å². The first-order chi connectivity index (χ1) is 11.6. The summed E-state index contributed by atoms with van der Waals surface area (Å²) in [7, 11) is -3.61. The SMILES string of the molecule is O=S(=O)(Nc1ccc2nccnc2c1)c1ccc2c(c1)CCCC2. The van der Waals surface area contributed by atoms with Crippen LogP contribution in [0.15, 0.2) is 53.7 Å². The Hall–Kier alpha value is -2.47. The zero-order chi connectivity index (χ0) is 16.6. The predicted octanol–water partition coefficient (Wildman–Crippen LogP) is 3.31. The highest BCUT2D eigenvalue weighted by Gasteiger charge is 2.18. The Morgan fingerprint density at radius 3 is 2.42 bits per heavy atom. The van der Waals surface area contributed by atoms with Crippen molar-refractivity contribution in [2.24, 2.45) is 0 Å². The molecule has 0 fully saturated rings. The van der Waals surface area contributed by atoms with Crippen molar-refractivity contribution in [1.82, 2.24) is 9.97 Å². The average Bonchev–Trinajstić information content (AvgIpc) is 2.61. The van der Waals surface area contributed by atoms with E-state index in [9.17, 15) is 8.42 Å². The normalized spacial score (nSPS) is 14.3. The van der Waals surface area contributed by atoms with E-state index in [1.165, 1.54) is 12.0 Å². The molecule has 5 nitrogen and oxygen atoms in total. The Morgan fingerprint density at radius 1 is 0.833 bits per heavy atom. The second-order valence-corrected chi connectivity index (χ2v) is 7.69. The summed E-state index contributed by atoms with van der Waals surface area (Å²) in [6, 6.07) is 10.6. The van der Waals surface area contributed by atoms with E-state index in [2.05, 4.69) is 14.7 Å². The van der Waals surface area contributed by atoms with E-state index < -0.39 is 10.0 Å². The maximum atomic E-state index is 12.7. The highest BCUT2D eigenvalue weighted by atomic mass is 32.2. The van der Waals surface area contributed by atoms with Crippen LogP contribution in [0.1, 0.15) is 24.0 Å². The van der Waals surface area contributed by atoms with Crippen LogP contribution < -0.4 is 4.72 Å². The van der Waals surface area contributed by atoms with Crippen LogP contribution in [0.4, 0.5) is 5.69 Å². The first kappa shape index (κ1) is 15.1. The van der Waals surface area contributed by atoms with Crippen molar-refractivity contribution >= 4 is 26.7 Å². The third kappa shape index (κ3) is 2.85. The molecule has 6 heteroatoms. The molecular weight excluding hydrogens is 322 g/mol. The predicted molar refractivity (Wildman–Crippen MR) is 93.4 cm³/mol. The molecule has 2 aromatic carbocycles. The summed E-state index contributed by atoms with van der Waals surface area (Å²) >= 11 is 0. The maximum absolute atomic E-state index is 12.7. The highest BCUT2D eigenvalue weighted by Crippen LogP contribution is 2.25. The van der Waals surface area contributed by atoms with Gasteiger partial charge < -0.3 is 0 Å². The first-order valence-electron chi connectivity index (χ1n) is 7.97. The van der Waals surface area contributed by atoms with E-state index in [4.69, 9.17) is 0 Å². The van der Waals surface area contributed by atoms with E-state index >= 15 is 0 Å². The van der Waals surface area contributed by atoms with Crippen LogP contribution in [0.5, 0.6) is 0 Å². The number of aromatic nitrogens is 2. The molecule has 24 heavy (non-hydrogen) atoms. The fourth-order valence-electron chi connectivity index (χ4n) is 3.12. The molecule has 1 aliphatic rings. The number of nitrogens with zero attached hydrogens (tertiary/aromatic N) is 2. The quantitative estimate of drug-likeness (QED) is 0.794. The molecule has 3 aromatic rings. The topological polar surface area (TPSA) is 72.0 Å². The fourth-order valence-corrected chi connectivity index (χ4v) is 4.22. The molecule has 0 bridgehead atoms. The van der Waals surface area contributed by atoms with Crippen LogP contribution >= 0.6 is 0 Å². The van der Waals surface area contributed by atoms with E-state index in [1.807, 2.05) is 6.07 Å². The van der Waals surface area contributed by atoms with Gasteiger partial charge in [0, 0.05) is 12.4 Å². The number of fused-ring (bicyclic) bond motifs is 2. The summed E-state index contributed by atoms with van der Waals surface area (Å²) in [4.78, 5) is 8.70. The Labute approximate surface area is 140 Å². The third-order valence-electron chi connectivity index (χ3n) is 4.35. The summed E-state index contributed by atoms with van der Waals surface area (Å²) < 4.78 is 28.0. The van der Waals surface area contributed by atoms with Gasteiger partial charge in [-0.3, -0.25) is 14.7 Å². The number of sulfonamides is 1. The van der Waals surface area contributed by atoms with Crippen LogP contribution in [0.25, 0.3) is 11.0 Å². The van der Waals surface area contributed by atoms with Gasteiger partial charge in [0.2, 0.25) is 0 Å². The first-order valence-corrected chi connectivity index (χ1v) is 9.45. The molecule has 122 valence electrons. The van der Waals surface area contributed by atoms with Gasteiger partial charge in [-0.15, -0.1) is 0 Å². The summed E-state index contributed by atoms with van der Waals surface area (Å²) in [6.45, 7) is 0. The van der Waals surface area contributed by atoms with Crippen LogP contribution in [-0.2, 0) is 22.9 Å². The van der Waals surface area contributed by atoms with Crippen molar-refractivity contribution in [1.29, 1.82) is 0 Å².